The molecule has 1 fully saturated rings. The molecule has 2 rings (SSSR count). The summed E-state index contributed by atoms with van der Waals surface area (Å²) in [7, 11) is -5.77. The van der Waals surface area contributed by atoms with Crippen LogP contribution in [-0.2, 0) is 24.1 Å². The van der Waals surface area contributed by atoms with Crippen LogP contribution in [0.5, 0.6) is 0 Å². The van der Waals surface area contributed by atoms with Gasteiger partial charge in [0, 0.05) is 14.1 Å². The zero-order chi connectivity index (χ0) is 29.9. The lowest BCUT2D eigenvalue weighted by molar-refractivity contribution is -0.162. The van der Waals surface area contributed by atoms with E-state index in [1.165, 1.54) is 24.3 Å². The Morgan fingerprint density at radius 1 is 1.05 bits per heavy atom. The number of aromatic nitrogens is 2. The van der Waals surface area contributed by atoms with Crippen molar-refractivity contribution < 1.29 is 32.5 Å². The van der Waals surface area contributed by atoms with Gasteiger partial charge in [-0.1, -0.05) is 54.6 Å². The van der Waals surface area contributed by atoms with Gasteiger partial charge in [-0.2, -0.15) is 12.7 Å². The quantitative estimate of drug-likeness (QED) is 0.419. The molecule has 222 valence electrons. The number of hydrogen-bond donors (Lipinski definition) is 2. The molecule has 0 bridgehead atoms. The minimum absolute atomic E-state index is 0.00823. The highest BCUT2D eigenvalue weighted by atomic mass is 32.2. The van der Waals surface area contributed by atoms with Crippen molar-refractivity contribution in [3.05, 3.63) is 11.9 Å². The van der Waals surface area contributed by atoms with Crippen LogP contribution >= 0.6 is 0 Å². The summed E-state index contributed by atoms with van der Waals surface area (Å²) < 4.78 is 47.8. The first kappa shape index (κ1) is 33.6. The van der Waals surface area contributed by atoms with Crippen molar-refractivity contribution in [3.63, 3.8) is 0 Å². The fourth-order valence-electron chi connectivity index (χ4n) is 3.84. The van der Waals surface area contributed by atoms with Gasteiger partial charge < -0.3 is 24.1 Å². The van der Waals surface area contributed by atoms with E-state index in [2.05, 4.69) is 72.7 Å². The molecule has 10 nitrogen and oxygen atoms in total. The SMILES string of the molecule is CN(C)S(=O)(=O)n1c([C@@H](O)[C@@H]2OC(C)(C)O[C@@H]2[C@H](O)CO[Si](C)(C)C(C)(C)C)cnc1[Si](C)(C)C(C)(C)C. The molecular weight excluding hydrogens is 543 g/mol. The molecule has 1 saturated heterocycles. The number of aliphatic hydroxyl groups is 2. The highest BCUT2D eigenvalue weighted by molar-refractivity contribution is 7.87. The Kier molecular flexibility index (Phi) is 9.40. The van der Waals surface area contributed by atoms with Gasteiger partial charge in [-0.05, 0) is 37.0 Å². The van der Waals surface area contributed by atoms with Crippen molar-refractivity contribution in [2.45, 2.75) is 122 Å². The van der Waals surface area contributed by atoms with Crippen molar-refractivity contribution in [2.24, 2.45) is 0 Å². The van der Waals surface area contributed by atoms with E-state index in [9.17, 15) is 18.6 Å². The molecule has 1 aliphatic heterocycles. The van der Waals surface area contributed by atoms with Crippen LogP contribution in [0.2, 0.25) is 36.3 Å². The molecule has 2 heterocycles. The Balaban J connectivity index is 2.56. The molecule has 0 spiro atoms. The van der Waals surface area contributed by atoms with Gasteiger partial charge in [0.25, 0.3) is 0 Å². The second-order valence-corrected chi connectivity index (χ2v) is 26.1. The third-order valence-corrected chi connectivity index (χ3v) is 20.1. The van der Waals surface area contributed by atoms with E-state index < -0.39 is 56.8 Å². The molecule has 1 aromatic rings. The Morgan fingerprint density at radius 3 is 2.00 bits per heavy atom. The molecule has 4 atom stereocenters. The number of hydrogen-bond acceptors (Lipinski definition) is 8. The average molecular weight is 594 g/mol. The number of ether oxygens (including phenoxy) is 2. The lowest BCUT2D eigenvalue weighted by atomic mass is 10.0. The fraction of sp³-hybridized carbons (Fsp3) is 0.880. The molecule has 0 aliphatic carbocycles. The second-order valence-electron chi connectivity index (χ2n) is 14.1. The molecule has 38 heavy (non-hydrogen) atoms. The van der Waals surface area contributed by atoms with Gasteiger partial charge in [0.05, 0.1) is 18.5 Å². The monoisotopic (exact) mass is 593 g/mol. The fourth-order valence-corrected chi connectivity index (χ4v) is 8.60. The highest BCUT2D eigenvalue weighted by Gasteiger charge is 2.51. The lowest BCUT2D eigenvalue weighted by Crippen LogP contribution is -2.56. The van der Waals surface area contributed by atoms with Gasteiger partial charge in [0.2, 0.25) is 0 Å². The maximum atomic E-state index is 13.6. The normalized spacial score (nSPS) is 23.2. The van der Waals surface area contributed by atoms with Crippen LogP contribution in [0.25, 0.3) is 0 Å². The molecular formula is C25H51N3O7SSi2. The Morgan fingerprint density at radius 2 is 1.55 bits per heavy atom. The first-order valence-electron chi connectivity index (χ1n) is 13.1. The third kappa shape index (κ3) is 6.46. The van der Waals surface area contributed by atoms with E-state index in [1.54, 1.807) is 13.8 Å². The second kappa shape index (κ2) is 10.6. The van der Waals surface area contributed by atoms with Crippen LogP contribution in [0.3, 0.4) is 0 Å². The summed E-state index contributed by atoms with van der Waals surface area (Å²) in [6, 6.07) is 0. The van der Waals surface area contributed by atoms with Gasteiger partial charge in [-0.15, -0.1) is 0 Å². The molecule has 2 N–H and O–H groups in total. The van der Waals surface area contributed by atoms with E-state index in [4.69, 9.17) is 13.9 Å². The summed E-state index contributed by atoms with van der Waals surface area (Å²) in [5.74, 6) is -1.11. The largest absolute Gasteiger partial charge is 0.414 e. The highest BCUT2D eigenvalue weighted by Crippen LogP contribution is 2.40. The molecule has 0 aromatic carbocycles. The van der Waals surface area contributed by atoms with Crippen molar-refractivity contribution >= 4 is 32.0 Å². The van der Waals surface area contributed by atoms with E-state index in [0.29, 0.717) is 5.45 Å². The predicted octanol–water partition coefficient (Wildman–Crippen LogP) is 3.19. The molecule has 13 heteroatoms. The zero-order valence-corrected chi connectivity index (χ0v) is 28.6. The summed E-state index contributed by atoms with van der Waals surface area (Å²) >= 11 is 0. The van der Waals surface area contributed by atoms with Crippen LogP contribution in [0, 0.1) is 0 Å². The zero-order valence-electron chi connectivity index (χ0n) is 25.8. The average Bonchev–Trinajstić information content (AvgIpc) is 3.31. The van der Waals surface area contributed by atoms with Gasteiger partial charge in [-0.25, -0.2) is 8.96 Å². The molecule has 0 saturated carbocycles. The van der Waals surface area contributed by atoms with Crippen LogP contribution in [0.15, 0.2) is 6.20 Å². The Hall–Kier alpha value is -0.646. The smallest absolute Gasteiger partial charge is 0.308 e. The Bertz CT molecular complexity index is 1090. The first-order valence-corrected chi connectivity index (χ1v) is 20.5. The number of nitrogens with zero attached hydrogens (tertiary/aromatic N) is 3. The van der Waals surface area contributed by atoms with Crippen molar-refractivity contribution in [3.8, 4) is 0 Å². The van der Waals surface area contributed by atoms with Crippen LogP contribution in [0.1, 0.15) is 67.2 Å². The minimum atomic E-state index is -4.04. The summed E-state index contributed by atoms with van der Waals surface area (Å²) in [5.41, 5.74) is 0.511. The molecule has 1 aliphatic rings. The summed E-state index contributed by atoms with van der Waals surface area (Å²) in [6.45, 7) is 24.3. The first-order chi connectivity index (χ1) is 16.8. The lowest BCUT2D eigenvalue weighted by Gasteiger charge is -2.37. The van der Waals surface area contributed by atoms with Crippen molar-refractivity contribution in [1.82, 2.24) is 13.3 Å². The van der Waals surface area contributed by atoms with Gasteiger partial charge in [-0.3, -0.25) is 0 Å². The maximum Gasteiger partial charge on any atom is 0.308 e. The Labute approximate surface area is 232 Å². The molecule has 0 amide bonds. The number of aliphatic hydroxyl groups excluding tert-OH is 2. The van der Waals surface area contributed by atoms with E-state index >= 15 is 0 Å². The van der Waals surface area contributed by atoms with Crippen LogP contribution in [-0.4, -0.2) is 93.1 Å². The number of imidazole rings is 1. The molecule has 0 radical (unpaired) electrons. The van der Waals surface area contributed by atoms with E-state index in [0.717, 1.165) is 4.31 Å². The standard InChI is InChI=1S/C25H51N3O7SSi2/c1-23(2,3)37(11,12)22-26-15-17(28(22)36(31,32)27(9)10)19(30)21-20(34-25(7,8)35-21)18(29)16-33-38(13,14)24(4,5)6/h15,18-21,29-30H,16H2,1-14H3/t18-,19-,20-,21+/m1/s1. The van der Waals surface area contributed by atoms with Crippen LogP contribution < -0.4 is 5.45 Å². The summed E-state index contributed by atoms with van der Waals surface area (Å²) in [5, 5.41) is 22.6. The minimum Gasteiger partial charge on any atom is -0.414 e. The molecule has 0 unspecified atom stereocenters. The topological polar surface area (TPSA) is 123 Å². The predicted molar refractivity (Wildman–Crippen MR) is 155 cm³/mol. The summed E-state index contributed by atoms with van der Waals surface area (Å²) in [6.07, 6.45) is -3.14. The van der Waals surface area contributed by atoms with Crippen LogP contribution in [0.4, 0.5) is 0 Å². The van der Waals surface area contributed by atoms with Gasteiger partial charge in [0.1, 0.15) is 37.9 Å². The van der Waals surface area contributed by atoms with E-state index in [-0.39, 0.29) is 22.4 Å². The van der Waals surface area contributed by atoms with Crippen molar-refractivity contribution in [1.29, 1.82) is 0 Å². The van der Waals surface area contributed by atoms with E-state index in [1.807, 2.05) is 0 Å². The maximum absolute atomic E-state index is 13.6. The third-order valence-electron chi connectivity index (χ3n) is 8.45. The molecule has 1 aromatic heterocycles. The van der Waals surface area contributed by atoms with Gasteiger partial charge >= 0.3 is 10.2 Å². The van der Waals surface area contributed by atoms with Crippen molar-refractivity contribution in [2.75, 3.05) is 20.7 Å². The van der Waals surface area contributed by atoms with Gasteiger partial charge in [0.15, 0.2) is 14.1 Å². The summed E-state index contributed by atoms with van der Waals surface area (Å²) in [4.78, 5) is 4.58. The number of rotatable bonds is 9.